The molecule has 1 aromatic heterocycles. The predicted molar refractivity (Wildman–Crippen MR) is 87.5 cm³/mol. The van der Waals surface area contributed by atoms with E-state index in [1.807, 2.05) is 12.3 Å². The van der Waals surface area contributed by atoms with Crippen LogP contribution in [0.25, 0.3) is 0 Å². The zero-order valence-electron chi connectivity index (χ0n) is 13.2. The summed E-state index contributed by atoms with van der Waals surface area (Å²) in [4.78, 5) is 9.32. The Morgan fingerprint density at radius 1 is 1.18 bits per heavy atom. The lowest BCUT2D eigenvalue weighted by atomic mass is 10.0. The highest BCUT2D eigenvalue weighted by atomic mass is 32.2. The van der Waals surface area contributed by atoms with Crippen LogP contribution in [0.4, 0.5) is 0 Å². The molecule has 0 saturated carbocycles. The molecule has 0 unspecified atom stereocenters. The fourth-order valence-corrected chi connectivity index (χ4v) is 4.66. The van der Waals surface area contributed by atoms with Gasteiger partial charge in [-0.05, 0) is 31.4 Å². The summed E-state index contributed by atoms with van der Waals surface area (Å²) in [7, 11) is -2.77. The molecule has 0 bridgehead atoms. The fourth-order valence-electron chi connectivity index (χ4n) is 3.43. The number of pyridine rings is 1. The summed E-state index contributed by atoms with van der Waals surface area (Å²) in [6.07, 6.45) is 4.13. The monoisotopic (exact) mass is 323 g/mol. The minimum absolute atomic E-state index is 0.334. The maximum absolute atomic E-state index is 11.5. The highest BCUT2D eigenvalue weighted by molar-refractivity contribution is 7.91. The molecule has 0 N–H and O–H groups in total. The Morgan fingerprint density at radius 2 is 1.86 bits per heavy atom. The van der Waals surface area contributed by atoms with Crippen LogP contribution in [-0.2, 0) is 16.4 Å². The number of sulfone groups is 1. The van der Waals surface area contributed by atoms with E-state index >= 15 is 0 Å². The Balaban J connectivity index is 1.50. The van der Waals surface area contributed by atoms with Crippen molar-refractivity contribution in [1.29, 1.82) is 0 Å². The SMILES string of the molecule is Cc1cccnc1CN1CCC(N2CCS(=O)(=O)CC2)CC1. The summed E-state index contributed by atoms with van der Waals surface area (Å²) in [5.41, 5.74) is 2.43. The van der Waals surface area contributed by atoms with Gasteiger partial charge >= 0.3 is 0 Å². The van der Waals surface area contributed by atoms with Crippen LogP contribution in [0.5, 0.6) is 0 Å². The first-order valence-electron chi connectivity index (χ1n) is 8.11. The van der Waals surface area contributed by atoms with Crippen molar-refractivity contribution in [2.75, 3.05) is 37.7 Å². The van der Waals surface area contributed by atoms with Crippen molar-refractivity contribution in [2.45, 2.75) is 32.4 Å². The number of likely N-dealkylation sites (tertiary alicyclic amines) is 1. The van der Waals surface area contributed by atoms with Crippen LogP contribution in [0, 0.1) is 6.92 Å². The summed E-state index contributed by atoms with van der Waals surface area (Å²) in [6, 6.07) is 4.65. The molecule has 3 rings (SSSR count). The molecule has 1 aromatic rings. The van der Waals surface area contributed by atoms with Crippen molar-refractivity contribution in [3.8, 4) is 0 Å². The van der Waals surface area contributed by atoms with Gasteiger partial charge in [0.15, 0.2) is 9.84 Å². The first kappa shape index (κ1) is 15.9. The summed E-state index contributed by atoms with van der Waals surface area (Å²) < 4.78 is 23.0. The standard InChI is InChI=1S/C16H25N3O2S/c1-14-3-2-6-17-16(14)13-18-7-4-15(5-8-18)19-9-11-22(20,21)12-10-19/h2-3,6,15H,4-5,7-13H2,1H3. The normalized spacial score (nSPS) is 24.4. The second-order valence-corrected chi connectivity index (χ2v) is 8.77. The van der Waals surface area contributed by atoms with E-state index in [0.29, 0.717) is 30.6 Å². The number of hydrogen-bond donors (Lipinski definition) is 0. The highest BCUT2D eigenvalue weighted by Gasteiger charge is 2.29. The lowest BCUT2D eigenvalue weighted by Gasteiger charge is -2.40. The number of hydrogen-bond acceptors (Lipinski definition) is 5. The average molecular weight is 323 g/mol. The molecule has 0 spiro atoms. The second-order valence-electron chi connectivity index (χ2n) is 6.46. The third-order valence-electron chi connectivity index (χ3n) is 4.94. The minimum atomic E-state index is -2.77. The van der Waals surface area contributed by atoms with Crippen molar-refractivity contribution in [1.82, 2.24) is 14.8 Å². The Kier molecular flexibility index (Phi) is 4.80. The minimum Gasteiger partial charge on any atom is -0.298 e. The molecule has 22 heavy (non-hydrogen) atoms. The molecule has 2 fully saturated rings. The van der Waals surface area contributed by atoms with Gasteiger partial charge in [0.25, 0.3) is 0 Å². The Labute approximate surface area is 133 Å². The van der Waals surface area contributed by atoms with Gasteiger partial charge in [-0.25, -0.2) is 8.42 Å². The van der Waals surface area contributed by atoms with E-state index in [-0.39, 0.29) is 0 Å². The van der Waals surface area contributed by atoms with Crippen LogP contribution < -0.4 is 0 Å². The van der Waals surface area contributed by atoms with E-state index in [2.05, 4.69) is 27.8 Å². The quantitative estimate of drug-likeness (QED) is 0.833. The maximum Gasteiger partial charge on any atom is 0.152 e. The van der Waals surface area contributed by atoms with E-state index in [1.54, 1.807) is 0 Å². The van der Waals surface area contributed by atoms with E-state index in [1.165, 1.54) is 11.3 Å². The molecule has 0 radical (unpaired) electrons. The van der Waals surface area contributed by atoms with Gasteiger partial charge in [-0.1, -0.05) is 6.07 Å². The molecule has 0 atom stereocenters. The first-order valence-corrected chi connectivity index (χ1v) is 9.93. The summed E-state index contributed by atoms with van der Waals surface area (Å²) in [6.45, 7) is 6.61. The first-order chi connectivity index (χ1) is 10.5. The lowest BCUT2D eigenvalue weighted by molar-refractivity contribution is 0.110. The smallest absolute Gasteiger partial charge is 0.152 e. The van der Waals surface area contributed by atoms with Crippen LogP contribution in [-0.4, -0.2) is 66.9 Å². The molecule has 0 aromatic carbocycles. The number of aryl methyl sites for hydroxylation is 1. The zero-order valence-corrected chi connectivity index (χ0v) is 14.1. The van der Waals surface area contributed by atoms with E-state index in [0.717, 1.165) is 32.5 Å². The molecule has 2 aliphatic rings. The predicted octanol–water partition coefficient (Wildman–Crippen LogP) is 1.08. The molecule has 0 amide bonds. The van der Waals surface area contributed by atoms with E-state index in [9.17, 15) is 8.42 Å². The second kappa shape index (κ2) is 6.64. The molecule has 2 saturated heterocycles. The van der Waals surface area contributed by atoms with Gasteiger partial charge in [-0.2, -0.15) is 0 Å². The molecule has 122 valence electrons. The van der Waals surface area contributed by atoms with Crippen molar-refractivity contribution in [3.05, 3.63) is 29.6 Å². The van der Waals surface area contributed by atoms with Crippen molar-refractivity contribution < 1.29 is 8.42 Å². The molecule has 5 nitrogen and oxygen atoms in total. The van der Waals surface area contributed by atoms with Gasteiger partial charge in [0.1, 0.15) is 0 Å². The van der Waals surface area contributed by atoms with E-state index < -0.39 is 9.84 Å². The van der Waals surface area contributed by atoms with Crippen LogP contribution in [0.2, 0.25) is 0 Å². The average Bonchev–Trinajstić information content (AvgIpc) is 2.51. The van der Waals surface area contributed by atoms with Crippen LogP contribution >= 0.6 is 0 Å². The third kappa shape index (κ3) is 3.86. The van der Waals surface area contributed by atoms with Crippen molar-refractivity contribution >= 4 is 9.84 Å². The van der Waals surface area contributed by atoms with Crippen LogP contribution in [0.3, 0.4) is 0 Å². The number of piperidine rings is 1. The van der Waals surface area contributed by atoms with Crippen molar-refractivity contribution in [2.24, 2.45) is 0 Å². The Hall–Kier alpha value is -0.980. The zero-order chi connectivity index (χ0) is 15.6. The maximum atomic E-state index is 11.5. The number of nitrogens with zero attached hydrogens (tertiary/aromatic N) is 3. The van der Waals surface area contributed by atoms with Crippen LogP contribution in [0.15, 0.2) is 18.3 Å². The van der Waals surface area contributed by atoms with Gasteiger partial charge in [0.05, 0.1) is 17.2 Å². The van der Waals surface area contributed by atoms with Crippen molar-refractivity contribution in [3.63, 3.8) is 0 Å². The van der Waals surface area contributed by atoms with Gasteiger partial charge in [-0.15, -0.1) is 0 Å². The topological polar surface area (TPSA) is 53.5 Å². The molecule has 0 aliphatic carbocycles. The third-order valence-corrected chi connectivity index (χ3v) is 6.55. The Morgan fingerprint density at radius 3 is 2.50 bits per heavy atom. The lowest BCUT2D eigenvalue weighted by Crippen LogP contribution is -2.50. The molecule has 6 heteroatoms. The summed E-state index contributed by atoms with van der Waals surface area (Å²) >= 11 is 0. The van der Waals surface area contributed by atoms with Crippen LogP contribution in [0.1, 0.15) is 24.1 Å². The largest absolute Gasteiger partial charge is 0.298 e. The number of rotatable bonds is 3. The van der Waals surface area contributed by atoms with Gasteiger partial charge in [0, 0.05) is 45.0 Å². The van der Waals surface area contributed by atoms with Gasteiger partial charge in [0.2, 0.25) is 0 Å². The summed E-state index contributed by atoms with van der Waals surface area (Å²) in [5.74, 6) is 0.667. The van der Waals surface area contributed by atoms with E-state index in [4.69, 9.17) is 0 Å². The molecular formula is C16H25N3O2S. The Bertz CT molecular complexity index is 596. The molecular weight excluding hydrogens is 298 g/mol. The fraction of sp³-hybridized carbons (Fsp3) is 0.688. The molecule has 3 heterocycles. The number of aromatic nitrogens is 1. The molecule has 2 aliphatic heterocycles. The van der Waals surface area contributed by atoms with Gasteiger partial charge < -0.3 is 0 Å². The summed E-state index contributed by atoms with van der Waals surface area (Å²) in [5, 5.41) is 0. The van der Waals surface area contributed by atoms with Gasteiger partial charge in [-0.3, -0.25) is 14.8 Å². The highest BCUT2D eigenvalue weighted by Crippen LogP contribution is 2.20.